The lowest BCUT2D eigenvalue weighted by molar-refractivity contribution is 0.0802. The van der Waals surface area contributed by atoms with Crippen molar-refractivity contribution in [1.82, 2.24) is 9.78 Å². The number of hydrogen-bond acceptors (Lipinski definition) is 4. The van der Waals surface area contributed by atoms with Crippen LogP contribution in [0.2, 0.25) is 0 Å². The Morgan fingerprint density at radius 3 is 3.16 bits per heavy atom. The third kappa shape index (κ3) is 3.18. The summed E-state index contributed by atoms with van der Waals surface area (Å²) in [6.07, 6.45) is 4.08. The van der Waals surface area contributed by atoms with Crippen molar-refractivity contribution in [3.8, 4) is 0 Å². The quantitative estimate of drug-likeness (QED) is 0.867. The van der Waals surface area contributed by atoms with E-state index in [1.54, 1.807) is 7.11 Å². The SMILES string of the molecule is CCC1OCCC1C(N)c1c(Br)cnn1CCOC. The van der Waals surface area contributed by atoms with Crippen LogP contribution in [0.3, 0.4) is 0 Å². The highest BCUT2D eigenvalue weighted by atomic mass is 79.9. The Morgan fingerprint density at radius 2 is 2.47 bits per heavy atom. The highest BCUT2D eigenvalue weighted by Crippen LogP contribution is 2.35. The number of nitrogens with zero attached hydrogens (tertiary/aromatic N) is 2. The van der Waals surface area contributed by atoms with Crippen LogP contribution in [0, 0.1) is 5.92 Å². The first-order valence-electron chi connectivity index (χ1n) is 6.76. The summed E-state index contributed by atoms with van der Waals surface area (Å²) in [5.41, 5.74) is 7.52. The molecule has 0 aromatic carbocycles. The summed E-state index contributed by atoms with van der Waals surface area (Å²) in [6, 6.07) is -0.0545. The maximum absolute atomic E-state index is 6.47. The van der Waals surface area contributed by atoms with Crippen LogP contribution in [-0.2, 0) is 16.0 Å². The molecule has 1 aromatic heterocycles. The molecule has 1 aromatic rings. The van der Waals surface area contributed by atoms with Gasteiger partial charge in [0.05, 0.1) is 41.7 Å². The molecular formula is C13H22BrN3O2. The van der Waals surface area contributed by atoms with E-state index in [1.165, 1.54) is 0 Å². The fourth-order valence-electron chi connectivity index (χ4n) is 2.76. The Labute approximate surface area is 122 Å². The first-order chi connectivity index (χ1) is 9.19. The summed E-state index contributed by atoms with van der Waals surface area (Å²) in [7, 11) is 1.69. The highest BCUT2D eigenvalue weighted by molar-refractivity contribution is 9.10. The average molecular weight is 332 g/mol. The summed E-state index contributed by atoms with van der Waals surface area (Å²) in [5.74, 6) is 0.360. The van der Waals surface area contributed by atoms with Crippen molar-refractivity contribution in [3.63, 3.8) is 0 Å². The van der Waals surface area contributed by atoms with E-state index >= 15 is 0 Å². The van der Waals surface area contributed by atoms with E-state index in [2.05, 4.69) is 28.0 Å². The van der Waals surface area contributed by atoms with Crippen molar-refractivity contribution in [2.24, 2.45) is 11.7 Å². The number of halogens is 1. The summed E-state index contributed by atoms with van der Waals surface area (Å²) in [5, 5.41) is 4.37. The van der Waals surface area contributed by atoms with E-state index in [0.717, 1.165) is 36.2 Å². The molecule has 0 radical (unpaired) electrons. The number of hydrogen-bond donors (Lipinski definition) is 1. The fourth-order valence-corrected chi connectivity index (χ4v) is 3.32. The number of rotatable bonds is 6. The van der Waals surface area contributed by atoms with Gasteiger partial charge in [0.15, 0.2) is 0 Å². The third-order valence-electron chi connectivity index (χ3n) is 3.78. The first-order valence-corrected chi connectivity index (χ1v) is 7.55. The van der Waals surface area contributed by atoms with Crippen molar-refractivity contribution in [2.45, 2.75) is 38.5 Å². The van der Waals surface area contributed by atoms with E-state index in [1.807, 2.05) is 10.9 Å². The van der Waals surface area contributed by atoms with Gasteiger partial charge < -0.3 is 15.2 Å². The second-order valence-corrected chi connectivity index (χ2v) is 5.74. The van der Waals surface area contributed by atoms with E-state index in [4.69, 9.17) is 15.2 Å². The van der Waals surface area contributed by atoms with Crippen LogP contribution < -0.4 is 5.73 Å². The van der Waals surface area contributed by atoms with Gasteiger partial charge in [-0.05, 0) is 28.8 Å². The summed E-state index contributed by atoms with van der Waals surface area (Å²) >= 11 is 3.55. The zero-order valence-electron chi connectivity index (χ0n) is 11.5. The van der Waals surface area contributed by atoms with Crippen molar-refractivity contribution < 1.29 is 9.47 Å². The normalized spacial score (nSPS) is 24.8. The summed E-state index contributed by atoms with van der Waals surface area (Å²) in [6.45, 7) is 4.30. The second-order valence-electron chi connectivity index (χ2n) is 4.89. The Hall–Kier alpha value is -0.430. The maximum Gasteiger partial charge on any atom is 0.0698 e. The predicted octanol–water partition coefficient (Wildman–Crippen LogP) is 2.11. The summed E-state index contributed by atoms with van der Waals surface area (Å²) < 4.78 is 13.8. The number of ether oxygens (including phenoxy) is 2. The molecule has 0 bridgehead atoms. The van der Waals surface area contributed by atoms with Crippen LogP contribution in [0.5, 0.6) is 0 Å². The Bertz CT molecular complexity index is 411. The number of nitrogens with two attached hydrogens (primary N) is 1. The lowest BCUT2D eigenvalue weighted by atomic mass is 9.90. The zero-order chi connectivity index (χ0) is 13.8. The van der Waals surface area contributed by atoms with Crippen LogP contribution in [-0.4, -0.2) is 36.2 Å². The van der Waals surface area contributed by atoms with Crippen LogP contribution >= 0.6 is 15.9 Å². The monoisotopic (exact) mass is 331 g/mol. The van der Waals surface area contributed by atoms with Gasteiger partial charge in [-0.15, -0.1) is 0 Å². The van der Waals surface area contributed by atoms with Gasteiger partial charge in [-0.1, -0.05) is 6.92 Å². The molecular weight excluding hydrogens is 310 g/mol. The van der Waals surface area contributed by atoms with Crippen molar-refractivity contribution in [3.05, 3.63) is 16.4 Å². The molecule has 0 spiro atoms. The van der Waals surface area contributed by atoms with Gasteiger partial charge in [-0.25, -0.2) is 0 Å². The van der Waals surface area contributed by atoms with Gasteiger partial charge in [-0.3, -0.25) is 4.68 Å². The van der Waals surface area contributed by atoms with Crippen LogP contribution in [0.15, 0.2) is 10.7 Å². The molecule has 1 fully saturated rings. The molecule has 0 saturated carbocycles. The van der Waals surface area contributed by atoms with E-state index in [0.29, 0.717) is 12.5 Å². The zero-order valence-corrected chi connectivity index (χ0v) is 13.1. The van der Waals surface area contributed by atoms with Gasteiger partial charge in [0, 0.05) is 19.6 Å². The van der Waals surface area contributed by atoms with Crippen LogP contribution in [0.1, 0.15) is 31.5 Å². The van der Waals surface area contributed by atoms with Crippen molar-refractivity contribution >= 4 is 15.9 Å². The molecule has 3 atom stereocenters. The van der Waals surface area contributed by atoms with Crippen LogP contribution in [0.25, 0.3) is 0 Å². The standard InChI is InChI=1S/C13H22BrN3O2/c1-3-11-9(4-6-19-11)12(15)13-10(14)8-16-17(13)5-7-18-2/h8-9,11-12H,3-7,15H2,1-2H3. The predicted molar refractivity (Wildman–Crippen MR) is 76.9 cm³/mol. The van der Waals surface area contributed by atoms with E-state index in [9.17, 15) is 0 Å². The average Bonchev–Trinajstić information content (AvgIpc) is 3.02. The minimum absolute atomic E-state index is 0.0545. The van der Waals surface area contributed by atoms with Gasteiger partial charge in [-0.2, -0.15) is 5.10 Å². The van der Waals surface area contributed by atoms with Gasteiger partial charge >= 0.3 is 0 Å². The lowest BCUT2D eigenvalue weighted by Gasteiger charge is -2.25. The third-order valence-corrected chi connectivity index (χ3v) is 4.39. The molecule has 1 saturated heterocycles. The minimum Gasteiger partial charge on any atom is -0.383 e. The molecule has 6 heteroatoms. The topological polar surface area (TPSA) is 62.3 Å². The molecule has 2 rings (SSSR count). The molecule has 2 heterocycles. The first kappa shape index (κ1) is 15.0. The van der Waals surface area contributed by atoms with Crippen molar-refractivity contribution in [1.29, 1.82) is 0 Å². The summed E-state index contributed by atoms with van der Waals surface area (Å²) in [4.78, 5) is 0. The second kappa shape index (κ2) is 6.83. The fraction of sp³-hybridized carbons (Fsp3) is 0.769. The van der Waals surface area contributed by atoms with Crippen LogP contribution in [0.4, 0.5) is 0 Å². The van der Waals surface area contributed by atoms with Crippen molar-refractivity contribution in [2.75, 3.05) is 20.3 Å². The maximum atomic E-state index is 6.47. The van der Waals surface area contributed by atoms with Gasteiger partial charge in [0.25, 0.3) is 0 Å². The molecule has 1 aliphatic rings. The number of aromatic nitrogens is 2. The van der Waals surface area contributed by atoms with Gasteiger partial charge in [0.1, 0.15) is 0 Å². The number of methoxy groups -OCH3 is 1. The Balaban J connectivity index is 2.17. The molecule has 2 N–H and O–H groups in total. The Kier molecular flexibility index (Phi) is 5.38. The molecule has 0 amide bonds. The lowest BCUT2D eigenvalue weighted by Crippen LogP contribution is -2.30. The molecule has 1 aliphatic heterocycles. The van der Waals surface area contributed by atoms with E-state index in [-0.39, 0.29) is 12.1 Å². The molecule has 19 heavy (non-hydrogen) atoms. The molecule has 3 unspecified atom stereocenters. The van der Waals surface area contributed by atoms with E-state index < -0.39 is 0 Å². The highest BCUT2D eigenvalue weighted by Gasteiger charge is 2.34. The molecule has 5 nitrogen and oxygen atoms in total. The van der Waals surface area contributed by atoms with Gasteiger partial charge in [0.2, 0.25) is 0 Å². The Morgan fingerprint density at radius 1 is 1.68 bits per heavy atom. The smallest absolute Gasteiger partial charge is 0.0698 e. The minimum atomic E-state index is -0.0545. The molecule has 108 valence electrons. The molecule has 0 aliphatic carbocycles. The largest absolute Gasteiger partial charge is 0.383 e.